The Kier molecular flexibility index (Phi) is 7.35. The summed E-state index contributed by atoms with van der Waals surface area (Å²) >= 11 is 0. The standard InChI is InChI=1S/C44H33NO2Si/c1-30-28-31-16-11-13-24-36(31)41(43(30)46)38-26-15-27-39(45-38)42-37-25-14-12-17-32(37)29-40(44(42)47)48(33-18-5-2-6-19-33,34-20-7-3-8-21-34)35-22-9-4-10-23-35/h2-29,46-47H,1H3. The molecule has 2 N–H and O–H groups in total. The molecule has 1 aromatic heterocycles. The SMILES string of the molecule is Cc1cc2ccccc2c(-c2cccc(-c3c(O)c([Si](c4ccccc4)(c4ccccc4)c4ccccc4)cc4ccccc34)n2)c1O. The van der Waals surface area contributed by atoms with Crippen LogP contribution in [0.4, 0.5) is 0 Å². The highest BCUT2D eigenvalue weighted by molar-refractivity contribution is 7.20. The van der Waals surface area contributed by atoms with Gasteiger partial charge in [-0.15, -0.1) is 0 Å². The summed E-state index contributed by atoms with van der Waals surface area (Å²) in [5, 5.41) is 32.6. The summed E-state index contributed by atoms with van der Waals surface area (Å²) in [5.74, 6) is 0.435. The normalized spacial score (nSPS) is 11.6. The Morgan fingerprint density at radius 1 is 0.438 bits per heavy atom. The van der Waals surface area contributed by atoms with Crippen molar-refractivity contribution in [3.63, 3.8) is 0 Å². The van der Waals surface area contributed by atoms with E-state index in [0.29, 0.717) is 22.5 Å². The predicted octanol–water partition coefficient (Wildman–Crippen LogP) is 7.82. The lowest BCUT2D eigenvalue weighted by atomic mass is 9.96. The number of fused-ring (bicyclic) bond motifs is 2. The highest BCUT2D eigenvalue weighted by Crippen LogP contribution is 2.41. The van der Waals surface area contributed by atoms with Crippen molar-refractivity contribution in [1.82, 2.24) is 4.98 Å². The van der Waals surface area contributed by atoms with Crippen molar-refractivity contribution in [3.05, 3.63) is 175 Å². The van der Waals surface area contributed by atoms with E-state index >= 15 is 0 Å². The summed E-state index contributed by atoms with van der Waals surface area (Å²) in [6, 6.07) is 58.2. The van der Waals surface area contributed by atoms with Gasteiger partial charge in [-0.2, -0.15) is 0 Å². The number of nitrogens with zero attached hydrogens (tertiary/aromatic N) is 1. The fourth-order valence-corrected chi connectivity index (χ4v) is 12.2. The van der Waals surface area contributed by atoms with Gasteiger partial charge in [0.2, 0.25) is 0 Å². The molecule has 0 amide bonds. The smallest absolute Gasteiger partial charge is 0.184 e. The zero-order chi connectivity index (χ0) is 32.7. The molecule has 3 nitrogen and oxygen atoms in total. The monoisotopic (exact) mass is 635 g/mol. The second-order valence-electron chi connectivity index (χ2n) is 12.3. The molecule has 48 heavy (non-hydrogen) atoms. The average molecular weight is 636 g/mol. The summed E-state index contributed by atoms with van der Waals surface area (Å²) in [6.07, 6.45) is 0. The number of aryl methyl sites for hydroxylation is 1. The third kappa shape index (κ3) is 4.69. The molecule has 0 aliphatic carbocycles. The Hall–Kier alpha value is -5.97. The summed E-state index contributed by atoms with van der Waals surface area (Å²) < 4.78 is 0. The van der Waals surface area contributed by atoms with Crippen molar-refractivity contribution in [1.29, 1.82) is 0 Å². The van der Waals surface area contributed by atoms with Gasteiger partial charge in [-0.25, -0.2) is 4.98 Å². The number of pyridine rings is 1. The van der Waals surface area contributed by atoms with Crippen molar-refractivity contribution >= 4 is 50.4 Å². The van der Waals surface area contributed by atoms with E-state index in [4.69, 9.17) is 4.98 Å². The molecule has 0 aliphatic heterocycles. The highest BCUT2D eigenvalue weighted by atomic mass is 28.3. The molecular weight excluding hydrogens is 603 g/mol. The van der Waals surface area contributed by atoms with Gasteiger partial charge in [-0.3, -0.25) is 0 Å². The molecule has 1 heterocycles. The van der Waals surface area contributed by atoms with E-state index in [0.717, 1.165) is 32.3 Å². The minimum absolute atomic E-state index is 0.213. The molecule has 230 valence electrons. The first-order valence-corrected chi connectivity index (χ1v) is 18.2. The molecule has 0 atom stereocenters. The molecule has 7 aromatic carbocycles. The van der Waals surface area contributed by atoms with E-state index in [1.165, 1.54) is 15.6 Å². The molecular formula is C44H33NO2Si. The van der Waals surface area contributed by atoms with Crippen molar-refractivity contribution in [2.75, 3.05) is 0 Å². The van der Waals surface area contributed by atoms with Crippen molar-refractivity contribution in [2.24, 2.45) is 0 Å². The van der Waals surface area contributed by atoms with Gasteiger partial charge in [0.05, 0.1) is 17.0 Å². The maximum absolute atomic E-state index is 12.8. The Morgan fingerprint density at radius 3 is 1.35 bits per heavy atom. The van der Waals surface area contributed by atoms with Gasteiger partial charge in [0.25, 0.3) is 0 Å². The number of aromatic hydroxyl groups is 2. The minimum Gasteiger partial charge on any atom is -0.507 e. The third-order valence-electron chi connectivity index (χ3n) is 9.52. The number of hydrogen-bond acceptors (Lipinski definition) is 3. The van der Waals surface area contributed by atoms with Crippen LogP contribution in [0.2, 0.25) is 0 Å². The van der Waals surface area contributed by atoms with E-state index in [-0.39, 0.29) is 11.5 Å². The van der Waals surface area contributed by atoms with Crippen LogP contribution >= 0.6 is 0 Å². The van der Waals surface area contributed by atoms with E-state index in [9.17, 15) is 10.2 Å². The molecule has 0 spiro atoms. The fraction of sp³-hybridized carbons (Fsp3) is 0.0227. The number of aromatic nitrogens is 1. The summed E-state index contributed by atoms with van der Waals surface area (Å²) in [6.45, 7) is 1.92. The van der Waals surface area contributed by atoms with Gasteiger partial charge in [0.15, 0.2) is 8.07 Å². The molecule has 8 aromatic rings. The first kappa shape index (κ1) is 29.4. The number of phenols is 2. The Labute approximate surface area is 281 Å². The van der Waals surface area contributed by atoms with Gasteiger partial charge in [-0.1, -0.05) is 152 Å². The Bertz CT molecular complexity index is 2330. The number of phenolic OH excluding ortho intramolecular Hbond substituents is 2. The lowest BCUT2D eigenvalue weighted by Gasteiger charge is -2.35. The van der Waals surface area contributed by atoms with Gasteiger partial charge in [0.1, 0.15) is 11.5 Å². The first-order valence-electron chi connectivity index (χ1n) is 16.2. The molecule has 0 bridgehead atoms. The van der Waals surface area contributed by atoms with E-state index in [2.05, 4.69) is 97.1 Å². The van der Waals surface area contributed by atoms with Crippen molar-refractivity contribution in [3.8, 4) is 34.0 Å². The lowest BCUT2D eigenvalue weighted by Crippen LogP contribution is -2.74. The molecule has 4 heteroatoms. The molecule has 0 saturated heterocycles. The number of hydrogen-bond donors (Lipinski definition) is 2. The third-order valence-corrected chi connectivity index (χ3v) is 14.3. The second kappa shape index (κ2) is 12.0. The molecule has 0 aliphatic rings. The van der Waals surface area contributed by atoms with E-state index in [1.807, 2.05) is 79.7 Å². The zero-order valence-corrected chi connectivity index (χ0v) is 27.5. The maximum Gasteiger partial charge on any atom is 0.184 e. The van der Waals surface area contributed by atoms with Crippen molar-refractivity contribution in [2.45, 2.75) is 6.92 Å². The zero-order valence-electron chi connectivity index (χ0n) is 26.5. The van der Waals surface area contributed by atoms with Crippen LogP contribution in [0.15, 0.2) is 170 Å². The van der Waals surface area contributed by atoms with Crippen LogP contribution in [0, 0.1) is 6.92 Å². The largest absolute Gasteiger partial charge is 0.507 e. The van der Waals surface area contributed by atoms with Crippen LogP contribution in [-0.4, -0.2) is 23.3 Å². The van der Waals surface area contributed by atoms with Gasteiger partial charge < -0.3 is 10.2 Å². The molecule has 0 unspecified atom stereocenters. The number of rotatable bonds is 6. The highest BCUT2D eigenvalue weighted by Gasteiger charge is 2.44. The van der Waals surface area contributed by atoms with Gasteiger partial charge in [-0.05, 0) is 73.0 Å². The summed E-state index contributed by atoms with van der Waals surface area (Å²) in [7, 11) is -3.07. The summed E-state index contributed by atoms with van der Waals surface area (Å²) in [4.78, 5) is 5.21. The molecule has 0 fully saturated rings. The fourth-order valence-electron chi connectivity index (χ4n) is 7.36. The first-order chi connectivity index (χ1) is 23.6. The van der Waals surface area contributed by atoms with Crippen LogP contribution < -0.4 is 20.7 Å². The van der Waals surface area contributed by atoms with E-state index < -0.39 is 8.07 Å². The van der Waals surface area contributed by atoms with Crippen molar-refractivity contribution < 1.29 is 10.2 Å². The predicted molar refractivity (Wildman–Crippen MR) is 202 cm³/mol. The lowest BCUT2D eigenvalue weighted by molar-refractivity contribution is 0.474. The second-order valence-corrected chi connectivity index (χ2v) is 16.0. The van der Waals surface area contributed by atoms with Crippen LogP contribution in [0.25, 0.3) is 44.1 Å². The average Bonchev–Trinajstić information content (AvgIpc) is 3.14. The van der Waals surface area contributed by atoms with Crippen LogP contribution in [-0.2, 0) is 0 Å². The van der Waals surface area contributed by atoms with Crippen LogP contribution in [0.5, 0.6) is 11.5 Å². The quantitative estimate of drug-likeness (QED) is 0.145. The minimum atomic E-state index is -3.07. The van der Waals surface area contributed by atoms with Crippen LogP contribution in [0.1, 0.15) is 5.56 Å². The van der Waals surface area contributed by atoms with E-state index in [1.54, 1.807) is 0 Å². The topological polar surface area (TPSA) is 53.4 Å². The molecule has 8 rings (SSSR count). The molecule has 0 saturated carbocycles. The molecule has 0 radical (unpaired) electrons. The van der Waals surface area contributed by atoms with Gasteiger partial charge in [0, 0.05) is 5.56 Å². The van der Waals surface area contributed by atoms with Crippen LogP contribution in [0.3, 0.4) is 0 Å². The Balaban J connectivity index is 1.48. The number of benzene rings is 7. The van der Waals surface area contributed by atoms with Gasteiger partial charge >= 0.3 is 0 Å². The Morgan fingerprint density at radius 2 is 0.854 bits per heavy atom. The summed E-state index contributed by atoms with van der Waals surface area (Å²) in [5.41, 5.74) is 3.45. The maximum atomic E-state index is 12.8.